The second-order valence-corrected chi connectivity index (χ2v) is 10.8. The number of fused-ring (bicyclic) bond motifs is 2. The Morgan fingerprint density at radius 2 is 1.85 bits per heavy atom. The highest BCUT2D eigenvalue weighted by Crippen LogP contribution is 2.60. The molecule has 0 bridgehead atoms. The molecule has 3 aliphatic rings. The zero-order chi connectivity index (χ0) is 24.5. The normalized spacial score (nSPS) is 23.1. The summed E-state index contributed by atoms with van der Waals surface area (Å²) < 4.78 is 60.7. The van der Waals surface area contributed by atoms with Gasteiger partial charge in [0.1, 0.15) is 10.3 Å². The van der Waals surface area contributed by atoms with Crippen LogP contribution in [0.25, 0.3) is 5.57 Å². The largest absolute Gasteiger partial charge is 0.407 e. The first-order chi connectivity index (χ1) is 16.0. The molecule has 180 valence electrons. The lowest BCUT2D eigenvalue weighted by atomic mass is 9.83. The van der Waals surface area contributed by atoms with Crippen LogP contribution in [0, 0.1) is 5.82 Å². The van der Waals surface area contributed by atoms with Crippen LogP contribution < -0.4 is 0 Å². The van der Waals surface area contributed by atoms with Crippen molar-refractivity contribution in [3.05, 3.63) is 73.9 Å². The van der Waals surface area contributed by atoms with Gasteiger partial charge < -0.3 is 9.64 Å². The number of ether oxygens (including phenoxy) is 1. The van der Waals surface area contributed by atoms with Gasteiger partial charge in [-0.05, 0) is 51.4 Å². The van der Waals surface area contributed by atoms with Gasteiger partial charge in [-0.3, -0.25) is 4.79 Å². The second kappa shape index (κ2) is 8.15. The van der Waals surface area contributed by atoms with E-state index in [0.29, 0.717) is 49.0 Å². The minimum Gasteiger partial charge on any atom is -0.362 e. The van der Waals surface area contributed by atoms with Gasteiger partial charge in [0.15, 0.2) is 5.82 Å². The van der Waals surface area contributed by atoms with E-state index in [0.717, 1.165) is 23.3 Å². The van der Waals surface area contributed by atoms with E-state index in [1.165, 1.54) is 5.41 Å². The molecule has 34 heavy (non-hydrogen) atoms. The Balaban J connectivity index is 1.43. The summed E-state index contributed by atoms with van der Waals surface area (Å²) in [6.07, 6.45) is -4.55. The highest BCUT2D eigenvalue weighted by atomic mass is 35.5. The summed E-state index contributed by atoms with van der Waals surface area (Å²) in [4.78, 5) is 13.7. The van der Waals surface area contributed by atoms with Gasteiger partial charge in [0.2, 0.25) is 5.91 Å². The van der Waals surface area contributed by atoms with Crippen LogP contribution in [0.2, 0.25) is 10.0 Å². The van der Waals surface area contributed by atoms with Gasteiger partial charge in [-0.25, -0.2) is 4.39 Å². The predicted octanol–water partition coefficient (Wildman–Crippen LogP) is 7.05. The SMILES string of the molecule is CCC(=O)N1CC2(C1)OCc1cc(C3=CSC(c4cc(Cl)c(F)c(Cl)c4)(C(F)(F)F)C3)ccc12. The Morgan fingerprint density at radius 1 is 1.18 bits per heavy atom. The maximum absolute atomic E-state index is 14.4. The van der Waals surface area contributed by atoms with Crippen LogP contribution in [0.3, 0.4) is 0 Å². The average Bonchev–Trinajstić information content (AvgIpc) is 3.38. The Hall–Kier alpha value is -1.74. The van der Waals surface area contributed by atoms with Gasteiger partial charge >= 0.3 is 6.18 Å². The molecule has 1 saturated heterocycles. The molecule has 0 saturated carbocycles. The molecule has 3 nitrogen and oxygen atoms in total. The zero-order valence-electron chi connectivity index (χ0n) is 17.9. The van der Waals surface area contributed by atoms with Crippen LogP contribution in [-0.4, -0.2) is 30.1 Å². The summed E-state index contributed by atoms with van der Waals surface area (Å²) in [6.45, 7) is 3.11. The van der Waals surface area contributed by atoms with Crippen LogP contribution in [0.5, 0.6) is 0 Å². The molecule has 2 aromatic rings. The van der Waals surface area contributed by atoms with Gasteiger partial charge in [0.25, 0.3) is 0 Å². The maximum atomic E-state index is 14.4. The molecule has 0 aliphatic carbocycles. The molecule has 0 aromatic heterocycles. The number of rotatable bonds is 3. The molecule has 3 heterocycles. The Kier molecular flexibility index (Phi) is 5.75. The van der Waals surface area contributed by atoms with E-state index in [1.54, 1.807) is 11.0 Å². The fourth-order valence-corrected chi connectivity index (χ4v) is 6.54. The molecule has 3 aliphatic heterocycles. The molecule has 1 unspecified atom stereocenters. The van der Waals surface area contributed by atoms with Crippen LogP contribution in [0.15, 0.2) is 35.7 Å². The first kappa shape index (κ1) is 24.0. The molecule has 0 N–H and O–H groups in total. The monoisotopic (exact) mass is 531 g/mol. The number of hydrogen-bond acceptors (Lipinski definition) is 3. The number of thioether (sulfide) groups is 1. The van der Waals surface area contributed by atoms with Gasteiger partial charge in [-0.1, -0.05) is 42.3 Å². The number of amides is 1. The van der Waals surface area contributed by atoms with Crippen LogP contribution >= 0.6 is 35.0 Å². The zero-order valence-corrected chi connectivity index (χ0v) is 20.3. The van der Waals surface area contributed by atoms with Gasteiger partial charge in [-0.15, -0.1) is 11.8 Å². The molecule has 1 amide bonds. The van der Waals surface area contributed by atoms with Crippen LogP contribution in [-0.2, 0) is 26.5 Å². The Morgan fingerprint density at radius 3 is 2.47 bits per heavy atom. The van der Waals surface area contributed by atoms with E-state index < -0.39 is 32.4 Å². The summed E-state index contributed by atoms with van der Waals surface area (Å²) in [5.74, 6) is -0.875. The van der Waals surface area contributed by atoms with E-state index >= 15 is 0 Å². The van der Waals surface area contributed by atoms with Crippen molar-refractivity contribution in [1.82, 2.24) is 4.90 Å². The Labute approximate surface area is 208 Å². The van der Waals surface area contributed by atoms with E-state index in [4.69, 9.17) is 27.9 Å². The molecular weight excluding hydrogens is 513 g/mol. The van der Waals surface area contributed by atoms with Crippen molar-refractivity contribution in [2.24, 2.45) is 0 Å². The summed E-state index contributed by atoms with van der Waals surface area (Å²) >= 11 is 12.3. The molecule has 5 rings (SSSR count). The highest BCUT2D eigenvalue weighted by Gasteiger charge is 2.59. The lowest BCUT2D eigenvalue weighted by Gasteiger charge is -2.47. The fraction of sp³-hybridized carbons (Fsp3) is 0.375. The van der Waals surface area contributed by atoms with Crippen molar-refractivity contribution in [3.8, 4) is 0 Å². The molecule has 1 spiro atoms. The summed E-state index contributed by atoms with van der Waals surface area (Å²) in [6, 6.07) is 7.54. The third-order valence-corrected chi connectivity index (χ3v) is 8.73. The number of halogens is 6. The Bertz CT molecular complexity index is 1200. The quantitative estimate of drug-likeness (QED) is 0.314. The maximum Gasteiger partial charge on any atom is 0.407 e. The predicted molar refractivity (Wildman–Crippen MR) is 124 cm³/mol. The van der Waals surface area contributed by atoms with Crippen molar-refractivity contribution < 1.29 is 27.1 Å². The molecule has 0 radical (unpaired) electrons. The van der Waals surface area contributed by atoms with E-state index in [1.807, 2.05) is 19.1 Å². The molecule has 10 heteroatoms. The summed E-state index contributed by atoms with van der Waals surface area (Å²) in [5.41, 5.74) is 2.34. The number of allylic oxidation sites excluding steroid dienone is 1. The van der Waals surface area contributed by atoms with Gasteiger partial charge in [0.05, 0.1) is 29.7 Å². The van der Waals surface area contributed by atoms with Crippen molar-refractivity contribution in [2.75, 3.05) is 13.1 Å². The second-order valence-electron chi connectivity index (χ2n) is 8.77. The van der Waals surface area contributed by atoms with E-state index in [9.17, 15) is 22.4 Å². The van der Waals surface area contributed by atoms with E-state index in [2.05, 4.69) is 0 Å². The summed E-state index contributed by atoms with van der Waals surface area (Å²) in [7, 11) is 0. The lowest BCUT2D eigenvalue weighted by Crippen LogP contribution is -2.61. The smallest absolute Gasteiger partial charge is 0.362 e. The van der Waals surface area contributed by atoms with Crippen molar-refractivity contribution in [3.63, 3.8) is 0 Å². The summed E-state index contributed by atoms with van der Waals surface area (Å²) in [5, 5.41) is 0.601. The molecule has 1 atom stereocenters. The number of benzene rings is 2. The molecular formula is C24H19Cl2F4NO2S. The van der Waals surface area contributed by atoms with Gasteiger partial charge in [-0.2, -0.15) is 13.2 Å². The number of alkyl halides is 3. The third-order valence-electron chi connectivity index (χ3n) is 6.77. The van der Waals surface area contributed by atoms with Crippen LogP contribution in [0.4, 0.5) is 17.6 Å². The average molecular weight is 532 g/mol. The van der Waals surface area contributed by atoms with Gasteiger partial charge in [0, 0.05) is 12.8 Å². The van der Waals surface area contributed by atoms with Crippen LogP contribution in [0.1, 0.15) is 42.0 Å². The third kappa shape index (κ3) is 3.56. The lowest BCUT2D eigenvalue weighted by molar-refractivity contribution is -0.168. The fourth-order valence-electron chi connectivity index (χ4n) is 4.87. The van der Waals surface area contributed by atoms with Crippen molar-refractivity contribution >= 4 is 46.4 Å². The van der Waals surface area contributed by atoms with Crippen molar-refractivity contribution in [1.29, 1.82) is 0 Å². The number of hydrogen-bond donors (Lipinski definition) is 0. The number of carbonyl (C=O) groups excluding carboxylic acids is 1. The van der Waals surface area contributed by atoms with Crippen molar-refractivity contribution in [2.45, 2.75) is 42.9 Å². The molecule has 1 fully saturated rings. The first-order valence-corrected chi connectivity index (χ1v) is 12.3. The highest BCUT2D eigenvalue weighted by molar-refractivity contribution is 8.03. The standard InChI is InChI=1S/C24H19Cl2F4NO2S/c1-2-20(32)31-11-22(12-31)17-4-3-13(5-14(17)9-33-22)15-8-23(34-10-15,24(28,29)30)16-6-18(25)21(27)19(26)7-16/h3-7,10H,2,8-9,11-12H2,1H3. The number of carbonyl (C=O) groups is 1. The minimum atomic E-state index is -4.63. The number of likely N-dealkylation sites (tertiary alicyclic amines) is 1. The first-order valence-electron chi connectivity index (χ1n) is 10.6. The topological polar surface area (TPSA) is 29.5 Å². The number of nitrogens with zero attached hydrogens (tertiary/aromatic N) is 1. The van der Waals surface area contributed by atoms with E-state index in [-0.39, 0.29) is 17.9 Å². The molecule has 2 aromatic carbocycles. The minimum absolute atomic E-state index is 0.0666.